The second kappa shape index (κ2) is 8.68. The lowest BCUT2D eigenvalue weighted by Gasteiger charge is -2.12. The van der Waals surface area contributed by atoms with Crippen LogP contribution in [0.25, 0.3) is 0 Å². The molecule has 1 fully saturated rings. The second-order valence-electron chi connectivity index (χ2n) is 6.70. The predicted octanol–water partition coefficient (Wildman–Crippen LogP) is 4.58. The van der Waals surface area contributed by atoms with Crippen LogP contribution in [0.4, 0.5) is 14.5 Å². The largest absolute Gasteiger partial charge is 0.434 e. The third kappa shape index (κ3) is 5.28. The van der Waals surface area contributed by atoms with Crippen molar-refractivity contribution in [1.29, 1.82) is 0 Å². The minimum absolute atomic E-state index is 0.00543. The Bertz CT molecular complexity index is 874. The summed E-state index contributed by atoms with van der Waals surface area (Å²) in [5, 5.41) is 5.51. The van der Waals surface area contributed by atoms with Gasteiger partial charge in [0, 0.05) is 33.7 Å². The van der Waals surface area contributed by atoms with Gasteiger partial charge in [0.1, 0.15) is 5.75 Å². The van der Waals surface area contributed by atoms with Crippen molar-refractivity contribution in [3.8, 4) is 5.75 Å². The fourth-order valence-corrected chi connectivity index (χ4v) is 3.21. The Morgan fingerprint density at radius 2 is 1.89 bits per heavy atom. The summed E-state index contributed by atoms with van der Waals surface area (Å²) >= 11 is 3.27. The first kappa shape index (κ1) is 20.3. The molecule has 1 aliphatic carbocycles. The number of carbonyl (C=O) groups excluding carboxylic acids is 2. The number of nitrogens with one attached hydrogen (secondary N) is 2. The fraction of sp³-hybridized carbons (Fsp3) is 0.300. The normalized spacial score (nSPS) is 17.9. The maximum Gasteiger partial charge on any atom is 0.387 e. The van der Waals surface area contributed by atoms with Crippen LogP contribution >= 0.6 is 15.9 Å². The molecule has 2 aromatic rings. The van der Waals surface area contributed by atoms with Crippen molar-refractivity contribution in [3.63, 3.8) is 0 Å². The molecule has 8 heteroatoms. The molecule has 2 atom stereocenters. The third-order valence-electron chi connectivity index (χ3n) is 4.54. The number of alkyl halides is 2. The number of amides is 2. The quantitative estimate of drug-likeness (QED) is 0.646. The Kier molecular flexibility index (Phi) is 6.28. The van der Waals surface area contributed by atoms with Gasteiger partial charge in [-0.05, 0) is 54.8 Å². The van der Waals surface area contributed by atoms with Crippen LogP contribution in [0.5, 0.6) is 5.75 Å². The number of anilines is 1. The van der Waals surface area contributed by atoms with Crippen LogP contribution in [-0.2, 0) is 11.3 Å². The van der Waals surface area contributed by atoms with Gasteiger partial charge in [-0.2, -0.15) is 8.78 Å². The molecule has 1 aliphatic rings. The highest BCUT2D eigenvalue weighted by molar-refractivity contribution is 9.10. The molecular weight excluding hydrogens is 434 g/mol. The van der Waals surface area contributed by atoms with Crippen LogP contribution in [0.15, 0.2) is 46.9 Å². The third-order valence-corrected chi connectivity index (χ3v) is 5.03. The number of hydrogen-bond acceptors (Lipinski definition) is 3. The van der Waals surface area contributed by atoms with E-state index in [0.717, 1.165) is 6.42 Å². The van der Waals surface area contributed by atoms with Gasteiger partial charge in [-0.3, -0.25) is 9.59 Å². The number of halogens is 3. The second-order valence-corrected chi connectivity index (χ2v) is 7.61. The highest BCUT2D eigenvalue weighted by Crippen LogP contribution is 2.38. The van der Waals surface area contributed by atoms with E-state index in [9.17, 15) is 18.4 Å². The van der Waals surface area contributed by atoms with E-state index in [1.54, 1.807) is 36.4 Å². The van der Waals surface area contributed by atoms with Crippen molar-refractivity contribution < 1.29 is 23.1 Å². The SMILES string of the molecule is CC1CC1C(=O)Nc1ccc(C(=O)NCc2cc(Br)ccc2OC(F)F)cc1. The summed E-state index contributed by atoms with van der Waals surface area (Å²) in [6, 6.07) is 11.1. The molecule has 2 unspecified atom stereocenters. The van der Waals surface area contributed by atoms with Crippen LogP contribution < -0.4 is 15.4 Å². The zero-order valence-corrected chi connectivity index (χ0v) is 16.6. The standard InChI is InChI=1S/C20H19BrF2N2O3/c1-11-8-16(11)19(27)25-15-5-2-12(3-6-15)18(26)24-10-13-9-14(21)4-7-17(13)28-20(22)23/h2-7,9,11,16,20H,8,10H2,1H3,(H,24,26)(H,25,27). The molecule has 148 valence electrons. The van der Waals surface area contributed by atoms with Gasteiger partial charge in [0.25, 0.3) is 5.91 Å². The summed E-state index contributed by atoms with van der Waals surface area (Å²) in [6.07, 6.45) is 0.902. The van der Waals surface area contributed by atoms with Gasteiger partial charge in [0.2, 0.25) is 5.91 Å². The lowest BCUT2D eigenvalue weighted by Crippen LogP contribution is -2.23. The molecule has 3 rings (SSSR count). The topological polar surface area (TPSA) is 67.4 Å². The molecule has 5 nitrogen and oxygen atoms in total. The average molecular weight is 453 g/mol. The van der Waals surface area contributed by atoms with Gasteiger partial charge in [-0.15, -0.1) is 0 Å². The number of carbonyl (C=O) groups is 2. The minimum atomic E-state index is -2.95. The lowest BCUT2D eigenvalue weighted by molar-refractivity contribution is -0.117. The summed E-state index contributed by atoms with van der Waals surface area (Å²) in [7, 11) is 0. The van der Waals surface area contributed by atoms with Crippen LogP contribution in [0, 0.1) is 11.8 Å². The Morgan fingerprint density at radius 3 is 2.50 bits per heavy atom. The zero-order chi connectivity index (χ0) is 20.3. The highest BCUT2D eigenvalue weighted by atomic mass is 79.9. The Balaban J connectivity index is 1.59. The van der Waals surface area contributed by atoms with Crippen molar-refractivity contribution in [2.75, 3.05) is 5.32 Å². The Morgan fingerprint density at radius 1 is 1.21 bits per heavy atom. The van der Waals surface area contributed by atoms with Crippen molar-refractivity contribution in [3.05, 3.63) is 58.1 Å². The average Bonchev–Trinajstić information content (AvgIpc) is 3.39. The summed E-state index contributed by atoms with van der Waals surface area (Å²) in [5.41, 5.74) is 1.44. The summed E-state index contributed by atoms with van der Waals surface area (Å²) in [6.45, 7) is -0.893. The van der Waals surface area contributed by atoms with E-state index >= 15 is 0 Å². The maximum atomic E-state index is 12.5. The molecule has 0 radical (unpaired) electrons. The van der Waals surface area contributed by atoms with E-state index in [0.29, 0.717) is 27.2 Å². The van der Waals surface area contributed by atoms with E-state index in [1.165, 1.54) is 6.07 Å². The number of hydrogen-bond donors (Lipinski definition) is 2. The zero-order valence-electron chi connectivity index (χ0n) is 15.0. The Hall–Kier alpha value is -2.48. The first-order chi connectivity index (χ1) is 13.3. The van der Waals surface area contributed by atoms with E-state index < -0.39 is 6.61 Å². The first-order valence-corrected chi connectivity index (χ1v) is 9.55. The van der Waals surface area contributed by atoms with E-state index in [1.807, 2.05) is 6.92 Å². The summed E-state index contributed by atoms with van der Waals surface area (Å²) in [5.74, 6) is 0.119. The molecule has 28 heavy (non-hydrogen) atoms. The molecular formula is C20H19BrF2N2O3. The molecule has 0 aromatic heterocycles. The maximum absolute atomic E-state index is 12.5. The van der Waals surface area contributed by atoms with Crippen molar-refractivity contribution in [2.45, 2.75) is 26.5 Å². The highest BCUT2D eigenvalue weighted by Gasteiger charge is 2.39. The van der Waals surface area contributed by atoms with Gasteiger partial charge in [0.15, 0.2) is 0 Å². The molecule has 0 aliphatic heterocycles. The van der Waals surface area contributed by atoms with Gasteiger partial charge in [-0.25, -0.2) is 0 Å². The minimum Gasteiger partial charge on any atom is -0.434 e. The lowest BCUT2D eigenvalue weighted by atomic mass is 10.1. The van der Waals surface area contributed by atoms with Crippen molar-refractivity contribution >= 4 is 33.4 Å². The predicted molar refractivity (Wildman–Crippen MR) is 104 cm³/mol. The smallest absolute Gasteiger partial charge is 0.387 e. The van der Waals surface area contributed by atoms with E-state index in [4.69, 9.17) is 0 Å². The van der Waals surface area contributed by atoms with Crippen molar-refractivity contribution in [2.24, 2.45) is 11.8 Å². The molecule has 2 amide bonds. The molecule has 0 spiro atoms. The molecule has 0 bridgehead atoms. The van der Waals surface area contributed by atoms with Crippen LogP contribution in [0.2, 0.25) is 0 Å². The number of benzene rings is 2. The molecule has 1 saturated carbocycles. The number of rotatable bonds is 7. The van der Waals surface area contributed by atoms with E-state index in [2.05, 4.69) is 31.3 Å². The number of ether oxygens (including phenoxy) is 1. The fourth-order valence-electron chi connectivity index (χ4n) is 2.80. The Labute approximate surface area is 169 Å². The van der Waals surface area contributed by atoms with Crippen LogP contribution in [0.3, 0.4) is 0 Å². The van der Waals surface area contributed by atoms with E-state index in [-0.39, 0.29) is 30.0 Å². The van der Waals surface area contributed by atoms with Crippen LogP contribution in [-0.4, -0.2) is 18.4 Å². The van der Waals surface area contributed by atoms with Gasteiger partial charge < -0.3 is 15.4 Å². The van der Waals surface area contributed by atoms with Gasteiger partial charge >= 0.3 is 6.61 Å². The van der Waals surface area contributed by atoms with Crippen molar-refractivity contribution in [1.82, 2.24) is 5.32 Å². The van der Waals surface area contributed by atoms with Crippen LogP contribution in [0.1, 0.15) is 29.3 Å². The molecule has 0 heterocycles. The molecule has 2 aromatic carbocycles. The monoisotopic (exact) mass is 452 g/mol. The molecule has 2 N–H and O–H groups in total. The summed E-state index contributed by atoms with van der Waals surface area (Å²) < 4.78 is 30.2. The summed E-state index contributed by atoms with van der Waals surface area (Å²) in [4.78, 5) is 24.3. The van der Waals surface area contributed by atoms with Gasteiger partial charge in [0.05, 0.1) is 0 Å². The van der Waals surface area contributed by atoms with Gasteiger partial charge in [-0.1, -0.05) is 22.9 Å². The molecule has 0 saturated heterocycles. The first-order valence-electron chi connectivity index (χ1n) is 8.76.